The summed E-state index contributed by atoms with van der Waals surface area (Å²) in [6, 6.07) is 35.7. The van der Waals surface area contributed by atoms with Crippen molar-refractivity contribution in [1.82, 2.24) is 9.97 Å². The fourth-order valence-corrected chi connectivity index (χ4v) is 6.24. The highest BCUT2D eigenvalue weighted by atomic mass is 32.2. The van der Waals surface area contributed by atoms with Crippen LogP contribution in [0.15, 0.2) is 157 Å². The van der Waals surface area contributed by atoms with E-state index in [1.807, 2.05) is 73.4 Å². The summed E-state index contributed by atoms with van der Waals surface area (Å²) in [5, 5.41) is 3.48. The smallest absolute Gasteiger partial charge is 0.160 e. The van der Waals surface area contributed by atoms with Gasteiger partial charge in [0.05, 0.1) is 11.4 Å². The van der Waals surface area contributed by atoms with E-state index in [1.165, 1.54) is 10.5 Å². The fraction of sp³-hybridized carbons (Fsp3) is 0.0698. The highest BCUT2D eigenvalue weighted by molar-refractivity contribution is 7.99. The molecule has 0 fully saturated rings. The lowest BCUT2D eigenvalue weighted by molar-refractivity contribution is 1.13. The predicted molar refractivity (Wildman–Crippen MR) is 204 cm³/mol. The number of anilines is 1. The maximum absolute atomic E-state index is 5.09. The zero-order valence-electron chi connectivity index (χ0n) is 26.5. The van der Waals surface area contributed by atoms with Crippen molar-refractivity contribution in [3.63, 3.8) is 0 Å². The summed E-state index contributed by atoms with van der Waals surface area (Å²) in [5.74, 6) is 1.56. The third-order valence-electron chi connectivity index (χ3n) is 7.57. The Bertz CT molecular complexity index is 1910. The summed E-state index contributed by atoms with van der Waals surface area (Å²) >= 11 is 1.87. The molecule has 5 aromatic rings. The Hall–Kier alpha value is -5.63. The van der Waals surface area contributed by atoms with E-state index in [2.05, 4.69) is 122 Å². The number of fused-ring (bicyclic) bond motifs is 1. The average Bonchev–Trinajstić information content (AvgIpc) is 3.26. The SMILES string of the molecule is C#C.C=C/C(=C\c1cc2c(cc1-c1ccccc1N/C=C/C)SC/C=C\C=C/C2)c1nc(-c2ccccc2)cc(-c2ccccc2)n1. The molecule has 47 heavy (non-hydrogen) atoms. The van der Waals surface area contributed by atoms with Gasteiger partial charge < -0.3 is 5.32 Å². The molecule has 0 unspecified atom stereocenters. The van der Waals surface area contributed by atoms with Gasteiger partial charge in [0.2, 0.25) is 0 Å². The van der Waals surface area contributed by atoms with E-state index in [1.54, 1.807) is 0 Å². The Morgan fingerprint density at radius 3 is 2.09 bits per heavy atom. The number of allylic oxidation sites excluding steroid dienone is 6. The lowest BCUT2D eigenvalue weighted by Gasteiger charge is -2.17. The topological polar surface area (TPSA) is 37.8 Å². The van der Waals surface area contributed by atoms with Gasteiger partial charge in [0.15, 0.2) is 5.82 Å². The molecule has 0 saturated heterocycles. The van der Waals surface area contributed by atoms with Crippen molar-refractivity contribution in [2.45, 2.75) is 18.2 Å². The summed E-state index contributed by atoms with van der Waals surface area (Å²) in [4.78, 5) is 11.5. The Balaban J connectivity index is 0.00000213. The van der Waals surface area contributed by atoms with E-state index >= 15 is 0 Å². The highest BCUT2D eigenvalue weighted by Crippen LogP contribution is 2.38. The first-order valence-electron chi connectivity index (χ1n) is 15.5. The van der Waals surface area contributed by atoms with Crippen molar-refractivity contribution in [3.05, 3.63) is 169 Å². The molecule has 0 atom stereocenters. The van der Waals surface area contributed by atoms with Crippen LogP contribution in [0.3, 0.4) is 0 Å². The van der Waals surface area contributed by atoms with Crippen LogP contribution < -0.4 is 5.32 Å². The summed E-state index contributed by atoms with van der Waals surface area (Å²) in [7, 11) is 0. The van der Waals surface area contributed by atoms with Gasteiger partial charge in [-0.15, -0.1) is 24.6 Å². The lowest BCUT2D eigenvalue weighted by atomic mass is 9.93. The number of nitrogens with zero attached hydrogens (tertiary/aromatic N) is 2. The van der Waals surface area contributed by atoms with Gasteiger partial charge in [0, 0.05) is 38.6 Å². The third-order valence-corrected chi connectivity index (χ3v) is 8.62. The molecule has 0 radical (unpaired) electrons. The second-order valence-corrected chi connectivity index (χ2v) is 11.7. The van der Waals surface area contributed by atoms with Crippen LogP contribution in [0.25, 0.3) is 45.3 Å². The molecule has 1 aliphatic heterocycles. The van der Waals surface area contributed by atoms with E-state index in [9.17, 15) is 0 Å². The number of nitrogens with one attached hydrogen (secondary N) is 1. The normalized spacial score (nSPS) is 14.0. The third kappa shape index (κ3) is 8.16. The lowest BCUT2D eigenvalue weighted by Crippen LogP contribution is -1.99. The maximum Gasteiger partial charge on any atom is 0.160 e. The second-order valence-electron chi connectivity index (χ2n) is 10.6. The molecule has 230 valence electrons. The minimum absolute atomic E-state index is 0.637. The average molecular weight is 628 g/mol. The molecular weight excluding hydrogens is 591 g/mol. The molecule has 4 aromatic carbocycles. The van der Waals surface area contributed by atoms with Crippen LogP contribution in [0.1, 0.15) is 23.9 Å². The van der Waals surface area contributed by atoms with Crippen LogP contribution in [0.5, 0.6) is 0 Å². The Morgan fingerprint density at radius 2 is 1.43 bits per heavy atom. The number of hydrogen-bond donors (Lipinski definition) is 1. The standard InChI is InChI=1S/C41H35N3S.C2H2/c1-3-24-42-37-23-15-14-22-35(37)36-28-40-33(21-9-5-6-16-25-45-40)27-34(36)26-30(4-2)41-43-38(31-17-10-7-11-18-31)29-39(44-41)32-19-12-8-13-20-32;1-2/h3-20,22-24,26-29,42H,2,21,25H2,1H3;1-2H/b9-5-,16-6-,24-3+,30-26+;. The fourth-order valence-electron chi connectivity index (χ4n) is 5.33. The zero-order valence-corrected chi connectivity index (χ0v) is 27.3. The molecule has 0 aliphatic carbocycles. The molecule has 0 spiro atoms. The van der Waals surface area contributed by atoms with Gasteiger partial charge in [-0.05, 0) is 66.6 Å². The molecule has 4 heteroatoms. The Morgan fingerprint density at radius 1 is 0.787 bits per heavy atom. The molecule has 1 aromatic heterocycles. The van der Waals surface area contributed by atoms with E-state index in [0.29, 0.717) is 5.82 Å². The van der Waals surface area contributed by atoms with E-state index in [-0.39, 0.29) is 0 Å². The summed E-state index contributed by atoms with van der Waals surface area (Å²) in [6.07, 6.45) is 25.6. The quantitative estimate of drug-likeness (QED) is 0.137. The number of rotatable bonds is 8. The van der Waals surface area contributed by atoms with Crippen molar-refractivity contribution in [2.75, 3.05) is 11.1 Å². The number of thioether (sulfide) groups is 1. The van der Waals surface area contributed by atoms with Crippen molar-refractivity contribution in [2.24, 2.45) is 0 Å². The first kappa shape index (κ1) is 32.8. The van der Waals surface area contributed by atoms with Crippen molar-refractivity contribution in [3.8, 4) is 46.5 Å². The maximum atomic E-state index is 5.09. The van der Waals surface area contributed by atoms with Gasteiger partial charge in [-0.2, -0.15) is 0 Å². The second kappa shape index (κ2) is 16.6. The van der Waals surface area contributed by atoms with Crippen molar-refractivity contribution < 1.29 is 0 Å². The minimum atomic E-state index is 0.637. The van der Waals surface area contributed by atoms with E-state index < -0.39 is 0 Å². The van der Waals surface area contributed by atoms with Crippen molar-refractivity contribution >= 4 is 29.1 Å². The van der Waals surface area contributed by atoms with Gasteiger partial charge in [0.25, 0.3) is 0 Å². The molecule has 2 heterocycles. The molecule has 0 amide bonds. The number of aromatic nitrogens is 2. The Kier molecular flexibility index (Phi) is 11.6. The van der Waals surface area contributed by atoms with Gasteiger partial charge >= 0.3 is 0 Å². The van der Waals surface area contributed by atoms with Crippen LogP contribution in [-0.2, 0) is 6.42 Å². The van der Waals surface area contributed by atoms with Crippen molar-refractivity contribution in [1.29, 1.82) is 0 Å². The molecule has 6 rings (SSSR count). The first-order valence-corrected chi connectivity index (χ1v) is 16.5. The highest BCUT2D eigenvalue weighted by Gasteiger charge is 2.16. The molecule has 3 nitrogen and oxygen atoms in total. The minimum Gasteiger partial charge on any atom is -0.362 e. The van der Waals surface area contributed by atoms with Crippen LogP contribution in [0.2, 0.25) is 0 Å². The van der Waals surface area contributed by atoms with Gasteiger partial charge in [-0.1, -0.05) is 122 Å². The number of terminal acetylenes is 1. The monoisotopic (exact) mass is 627 g/mol. The number of benzene rings is 4. The molecule has 0 saturated carbocycles. The van der Waals surface area contributed by atoms with E-state index in [4.69, 9.17) is 9.97 Å². The summed E-state index contributed by atoms with van der Waals surface area (Å²) < 4.78 is 0. The van der Waals surface area contributed by atoms with Crippen LogP contribution >= 0.6 is 11.8 Å². The summed E-state index contributed by atoms with van der Waals surface area (Å²) in [5.41, 5.74) is 10.4. The predicted octanol–water partition coefficient (Wildman–Crippen LogP) is 11.2. The van der Waals surface area contributed by atoms with Gasteiger partial charge in [-0.25, -0.2) is 9.97 Å². The zero-order chi connectivity index (χ0) is 32.8. The van der Waals surface area contributed by atoms with Gasteiger partial charge in [0.1, 0.15) is 0 Å². The van der Waals surface area contributed by atoms with E-state index in [0.717, 1.165) is 62.6 Å². The summed E-state index contributed by atoms with van der Waals surface area (Å²) in [6.45, 7) is 6.25. The largest absolute Gasteiger partial charge is 0.362 e. The van der Waals surface area contributed by atoms with Crippen LogP contribution in [0, 0.1) is 12.8 Å². The van der Waals surface area contributed by atoms with Crippen LogP contribution in [-0.4, -0.2) is 15.7 Å². The van der Waals surface area contributed by atoms with Crippen LogP contribution in [0.4, 0.5) is 5.69 Å². The molecule has 1 aliphatic rings. The number of hydrogen-bond acceptors (Lipinski definition) is 4. The molecule has 1 N–H and O–H groups in total. The van der Waals surface area contributed by atoms with Gasteiger partial charge in [-0.3, -0.25) is 0 Å². The molecular formula is C43H37N3S. The number of para-hydroxylation sites is 1. The Labute approximate surface area is 283 Å². The molecule has 0 bridgehead atoms. The first-order chi connectivity index (χ1) is 23.2.